The number of rotatable bonds is 6. The molecule has 4 aromatic rings. The van der Waals surface area contributed by atoms with Crippen LogP contribution in [-0.4, -0.2) is 53.2 Å². The van der Waals surface area contributed by atoms with Crippen molar-refractivity contribution in [1.82, 2.24) is 14.9 Å². The Hall–Kier alpha value is -4.83. The van der Waals surface area contributed by atoms with Gasteiger partial charge in [0.25, 0.3) is 0 Å². The van der Waals surface area contributed by atoms with Crippen LogP contribution < -0.4 is 10.6 Å². The number of methoxy groups -OCH3 is 1. The Bertz CT molecular complexity index is 1640. The highest BCUT2D eigenvalue weighted by Gasteiger charge is 2.49. The van der Waals surface area contributed by atoms with Crippen LogP contribution in [0.2, 0.25) is 5.02 Å². The Labute approximate surface area is 247 Å². The van der Waals surface area contributed by atoms with Crippen molar-refractivity contribution in [3.8, 4) is 11.3 Å². The summed E-state index contributed by atoms with van der Waals surface area (Å²) in [6, 6.07) is 22.2. The van der Waals surface area contributed by atoms with Crippen LogP contribution in [0.5, 0.6) is 0 Å². The first-order chi connectivity index (χ1) is 20.3. The number of carbonyl (C=O) groups excluding carboxylic acids is 3. The molecule has 0 aliphatic carbocycles. The lowest BCUT2D eigenvalue weighted by molar-refractivity contribution is -0.133. The van der Waals surface area contributed by atoms with Crippen molar-refractivity contribution in [3.63, 3.8) is 0 Å². The number of nitrogens with zero attached hydrogens (tertiary/aromatic N) is 2. The lowest BCUT2D eigenvalue weighted by Crippen LogP contribution is -2.43. The number of aromatic amines is 1. The van der Waals surface area contributed by atoms with Crippen molar-refractivity contribution in [2.24, 2.45) is 0 Å². The van der Waals surface area contributed by atoms with Crippen molar-refractivity contribution in [1.29, 1.82) is 0 Å². The van der Waals surface area contributed by atoms with Crippen LogP contribution in [0.1, 0.15) is 29.3 Å². The summed E-state index contributed by atoms with van der Waals surface area (Å²) in [5.74, 6) is -0.192. The first-order valence-electron chi connectivity index (χ1n) is 13.5. The normalized spacial score (nSPS) is 18.1. The maximum absolute atomic E-state index is 14.2. The number of hydrogen-bond donors (Lipinski definition) is 3. The Morgan fingerprint density at radius 3 is 2.69 bits per heavy atom. The summed E-state index contributed by atoms with van der Waals surface area (Å²) in [7, 11) is 1.30. The predicted molar refractivity (Wildman–Crippen MR) is 157 cm³/mol. The summed E-state index contributed by atoms with van der Waals surface area (Å²) in [6.45, 7) is 0.617. The van der Waals surface area contributed by atoms with Crippen LogP contribution in [0.25, 0.3) is 11.3 Å². The summed E-state index contributed by atoms with van der Waals surface area (Å²) in [4.78, 5) is 47.9. The maximum Gasteiger partial charge on any atom is 0.412 e. The number of benzene rings is 3. The molecule has 1 spiro atoms. The molecule has 0 radical (unpaired) electrons. The van der Waals surface area contributed by atoms with Gasteiger partial charge in [0.15, 0.2) is 5.60 Å². The number of aromatic nitrogens is 2. The third kappa shape index (κ3) is 5.40. The van der Waals surface area contributed by atoms with E-state index in [-0.39, 0.29) is 12.5 Å². The number of fused-ring (bicyclic) bond motifs is 2. The second-order valence-corrected chi connectivity index (χ2v) is 10.8. The lowest BCUT2D eigenvalue weighted by atomic mass is 9.90. The van der Waals surface area contributed by atoms with Gasteiger partial charge in [-0.3, -0.25) is 15.4 Å². The van der Waals surface area contributed by atoms with Crippen molar-refractivity contribution in [2.45, 2.75) is 24.4 Å². The number of likely N-dealkylation sites (tertiary alicyclic amines) is 1. The number of amides is 3. The zero-order valence-corrected chi connectivity index (χ0v) is 23.5. The molecular formula is C31H28ClN5O5. The third-order valence-corrected chi connectivity index (χ3v) is 7.91. The van der Waals surface area contributed by atoms with Gasteiger partial charge in [0.2, 0.25) is 5.91 Å². The maximum atomic E-state index is 14.2. The zero-order valence-electron chi connectivity index (χ0n) is 22.7. The van der Waals surface area contributed by atoms with E-state index in [1.807, 2.05) is 42.5 Å². The minimum atomic E-state index is -0.982. The number of ether oxygens (including phenoxy) is 2. The summed E-state index contributed by atoms with van der Waals surface area (Å²) < 4.78 is 10.5. The van der Waals surface area contributed by atoms with Crippen molar-refractivity contribution in [3.05, 3.63) is 101 Å². The Morgan fingerprint density at radius 1 is 1.14 bits per heavy atom. The molecule has 2 aliphatic rings. The number of nitrogens with one attached hydrogen (secondary N) is 3. The van der Waals surface area contributed by atoms with E-state index in [9.17, 15) is 14.4 Å². The van der Waals surface area contributed by atoms with Crippen LogP contribution in [-0.2, 0) is 26.3 Å². The minimum Gasteiger partial charge on any atom is -0.453 e. The summed E-state index contributed by atoms with van der Waals surface area (Å²) in [5, 5.41) is 5.88. The number of halogens is 1. The van der Waals surface area contributed by atoms with Crippen LogP contribution in [0.4, 0.5) is 21.0 Å². The monoisotopic (exact) mass is 585 g/mol. The van der Waals surface area contributed by atoms with E-state index in [0.29, 0.717) is 41.6 Å². The predicted octanol–water partition coefficient (Wildman–Crippen LogP) is 5.92. The van der Waals surface area contributed by atoms with Crippen molar-refractivity contribution >= 4 is 41.1 Å². The largest absolute Gasteiger partial charge is 0.453 e. The van der Waals surface area contributed by atoms with Gasteiger partial charge in [0.1, 0.15) is 11.7 Å². The SMILES string of the molecule is COC(=O)Nc1ccc(-c2cnc([C@@H](Cc3ccccc3)C(=O)N3CC[C@]4(C3)OC(=O)Nc3ccc(Cl)cc34)[nH]2)cc1. The average molecular weight is 586 g/mol. The first kappa shape index (κ1) is 27.3. The van der Waals surface area contributed by atoms with E-state index in [1.165, 1.54) is 7.11 Å². The molecule has 0 bridgehead atoms. The molecule has 214 valence electrons. The second kappa shape index (κ2) is 11.2. The molecule has 2 aliphatic heterocycles. The molecule has 10 nitrogen and oxygen atoms in total. The standard InChI is InChI=1S/C31H28ClN5O5/c1-41-29(39)34-22-10-7-20(8-11-22)26-17-33-27(35-26)23(15-19-5-3-2-4-6-19)28(38)37-14-13-31(18-37)24-16-21(32)9-12-25(24)36-30(40)42-31/h2-12,16-17,23H,13-15,18H2,1H3,(H,33,35)(H,34,39)(H,36,40)/t23-,31-/m1/s1. The van der Waals surface area contributed by atoms with E-state index < -0.39 is 23.7 Å². The lowest BCUT2D eigenvalue weighted by Gasteiger charge is -2.35. The fourth-order valence-electron chi connectivity index (χ4n) is 5.58. The van der Waals surface area contributed by atoms with E-state index >= 15 is 0 Å². The summed E-state index contributed by atoms with van der Waals surface area (Å²) >= 11 is 6.30. The van der Waals surface area contributed by atoms with E-state index in [4.69, 9.17) is 16.3 Å². The second-order valence-electron chi connectivity index (χ2n) is 10.3. The number of carbonyl (C=O) groups is 3. The van der Waals surface area contributed by atoms with Crippen LogP contribution in [0.15, 0.2) is 79.0 Å². The van der Waals surface area contributed by atoms with Gasteiger partial charge >= 0.3 is 12.2 Å². The summed E-state index contributed by atoms with van der Waals surface area (Å²) in [6.07, 6.45) is 1.48. The highest BCUT2D eigenvalue weighted by Crippen LogP contribution is 2.44. The molecule has 1 saturated heterocycles. The smallest absolute Gasteiger partial charge is 0.412 e. The van der Waals surface area contributed by atoms with Gasteiger partial charge in [-0.1, -0.05) is 54.1 Å². The van der Waals surface area contributed by atoms with Gasteiger partial charge in [-0.25, -0.2) is 14.6 Å². The van der Waals surface area contributed by atoms with Crippen molar-refractivity contribution < 1.29 is 23.9 Å². The Kier molecular flexibility index (Phi) is 7.30. The Morgan fingerprint density at radius 2 is 1.93 bits per heavy atom. The van der Waals surface area contributed by atoms with Gasteiger partial charge in [-0.05, 0) is 47.9 Å². The molecule has 0 unspecified atom stereocenters. The molecule has 3 N–H and O–H groups in total. The average Bonchev–Trinajstić information content (AvgIpc) is 3.65. The summed E-state index contributed by atoms with van der Waals surface area (Å²) in [5.41, 5.74) is 3.56. The Balaban J connectivity index is 1.28. The highest BCUT2D eigenvalue weighted by molar-refractivity contribution is 6.30. The molecule has 1 aromatic heterocycles. The molecule has 6 rings (SSSR count). The third-order valence-electron chi connectivity index (χ3n) is 7.67. The van der Waals surface area contributed by atoms with Crippen LogP contribution in [0.3, 0.4) is 0 Å². The van der Waals surface area contributed by atoms with Gasteiger partial charge in [-0.15, -0.1) is 0 Å². The van der Waals surface area contributed by atoms with Gasteiger partial charge in [-0.2, -0.15) is 0 Å². The highest BCUT2D eigenvalue weighted by atomic mass is 35.5. The van der Waals surface area contributed by atoms with Crippen LogP contribution in [0, 0.1) is 0 Å². The quantitative estimate of drug-likeness (QED) is 0.258. The number of hydrogen-bond acceptors (Lipinski definition) is 6. The molecule has 11 heteroatoms. The minimum absolute atomic E-state index is 0.118. The van der Waals surface area contributed by atoms with Crippen LogP contribution >= 0.6 is 11.6 Å². The topological polar surface area (TPSA) is 126 Å². The number of H-pyrrole nitrogens is 1. The molecule has 3 aromatic carbocycles. The number of anilines is 2. The molecule has 3 amide bonds. The van der Waals surface area contributed by atoms with E-state index in [1.54, 1.807) is 41.4 Å². The first-order valence-corrected chi connectivity index (χ1v) is 13.8. The fourth-order valence-corrected chi connectivity index (χ4v) is 5.75. The van der Waals surface area contributed by atoms with E-state index in [0.717, 1.165) is 22.4 Å². The molecule has 42 heavy (non-hydrogen) atoms. The molecule has 0 saturated carbocycles. The molecular weight excluding hydrogens is 558 g/mol. The van der Waals surface area contributed by atoms with Gasteiger partial charge < -0.3 is 19.4 Å². The van der Waals surface area contributed by atoms with Gasteiger partial charge in [0, 0.05) is 29.2 Å². The van der Waals surface area contributed by atoms with Gasteiger partial charge in [0.05, 0.1) is 31.2 Å². The molecule has 2 atom stereocenters. The molecule has 3 heterocycles. The van der Waals surface area contributed by atoms with E-state index in [2.05, 4.69) is 25.3 Å². The number of imidazole rings is 1. The zero-order chi connectivity index (χ0) is 29.3. The van der Waals surface area contributed by atoms with Crippen molar-refractivity contribution in [2.75, 3.05) is 30.8 Å². The molecule has 1 fully saturated rings. The fraction of sp³-hybridized carbons (Fsp3) is 0.226.